The molecule has 3 rings (SSSR count). The molecule has 0 aliphatic heterocycles. The lowest BCUT2D eigenvalue weighted by atomic mass is 9.96. The number of fused-ring (bicyclic) bond motifs is 2. The molecule has 0 aromatic carbocycles. The van der Waals surface area contributed by atoms with Gasteiger partial charge in [0.1, 0.15) is 10.7 Å². The minimum Gasteiger partial charge on any atom is -0.370 e. The molecule has 1 aromatic heterocycles. The van der Waals surface area contributed by atoms with Gasteiger partial charge in [-0.25, -0.2) is 18.1 Å². The molecular weight excluding hydrogens is 286 g/mol. The monoisotopic (exact) mass is 309 g/mol. The molecule has 3 atom stereocenters. The first kappa shape index (κ1) is 14.8. The van der Waals surface area contributed by atoms with Gasteiger partial charge >= 0.3 is 0 Å². The summed E-state index contributed by atoms with van der Waals surface area (Å²) in [6, 6.07) is 3.47. The first-order valence-electron chi connectivity index (χ1n) is 7.80. The Bertz CT molecular complexity index is 585. The van der Waals surface area contributed by atoms with Crippen molar-refractivity contribution < 1.29 is 8.42 Å². The lowest BCUT2D eigenvalue weighted by molar-refractivity contribution is 0.390. The summed E-state index contributed by atoms with van der Waals surface area (Å²) < 4.78 is 27.7. The van der Waals surface area contributed by atoms with Crippen LogP contribution in [0.15, 0.2) is 23.2 Å². The summed E-state index contributed by atoms with van der Waals surface area (Å²) in [5, 5.41) is 3.14. The lowest BCUT2D eigenvalue weighted by Gasteiger charge is -2.22. The molecule has 2 bridgehead atoms. The van der Waals surface area contributed by atoms with E-state index in [1.165, 1.54) is 19.0 Å². The third kappa shape index (κ3) is 3.21. The van der Waals surface area contributed by atoms with E-state index in [4.69, 9.17) is 0 Å². The predicted molar refractivity (Wildman–Crippen MR) is 82.6 cm³/mol. The maximum atomic E-state index is 12.4. The average Bonchev–Trinajstić information content (AvgIpc) is 3.07. The van der Waals surface area contributed by atoms with Crippen LogP contribution >= 0.6 is 0 Å². The molecule has 5 nitrogen and oxygen atoms in total. The largest absolute Gasteiger partial charge is 0.370 e. The standard InChI is InChI=1S/C15H23N3O2S/c1-2-7-16-15-6-5-13(10-17-15)21(19,20)18-14-9-11-3-4-12(14)8-11/h5-6,10-12,14,18H,2-4,7-9H2,1H3,(H,16,17). The molecule has 6 heteroatoms. The van der Waals surface area contributed by atoms with E-state index in [0.29, 0.717) is 5.92 Å². The fraction of sp³-hybridized carbons (Fsp3) is 0.667. The van der Waals surface area contributed by atoms with E-state index >= 15 is 0 Å². The molecule has 1 aromatic rings. The van der Waals surface area contributed by atoms with Gasteiger partial charge in [0.25, 0.3) is 0 Å². The van der Waals surface area contributed by atoms with Crippen molar-refractivity contribution in [2.24, 2.45) is 11.8 Å². The molecule has 2 aliphatic rings. The van der Waals surface area contributed by atoms with Crippen molar-refractivity contribution in [1.82, 2.24) is 9.71 Å². The van der Waals surface area contributed by atoms with Crippen LogP contribution in [0, 0.1) is 11.8 Å². The number of nitrogens with zero attached hydrogens (tertiary/aromatic N) is 1. The molecule has 0 spiro atoms. The Hall–Kier alpha value is -1.14. The molecule has 0 radical (unpaired) electrons. The van der Waals surface area contributed by atoms with Crippen LogP contribution in [0.4, 0.5) is 5.82 Å². The predicted octanol–water partition coefficient (Wildman–Crippen LogP) is 2.37. The Balaban J connectivity index is 1.67. The highest BCUT2D eigenvalue weighted by Gasteiger charge is 2.41. The molecule has 3 unspecified atom stereocenters. The number of pyridine rings is 1. The summed E-state index contributed by atoms with van der Waals surface area (Å²) >= 11 is 0. The maximum Gasteiger partial charge on any atom is 0.242 e. The third-order valence-corrected chi connectivity index (χ3v) is 6.12. The van der Waals surface area contributed by atoms with Crippen LogP contribution in [0.5, 0.6) is 0 Å². The van der Waals surface area contributed by atoms with Gasteiger partial charge in [-0.2, -0.15) is 0 Å². The highest BCUT2D eigenvalue weighted by molar-refractivity contribution is 7.89. The first-order chi connectivity index (χ1) is 10.1. The molecule has 2 N–H and O–H groups in total. The van der Waals surface area contributed by atoms with Crippen molar-refractivity contribution in [1.29, 1.82) is 0 Å². The fourth-order valence-corrected chi connectivity index (χ4v) is 4.82. The average molecular weight is 309 g/mol. The maximum absolute atomic E-state index is 12.4. The van der Waals surface area contributed by atoms with Crippen LogP contribution in [0.25, 0.3) is 0 Å². The highest BCUT2D eigenvalue weighted by atomic mass is 32.2. The van der Waals surface area contributed by atoms with E-state index in [1.807, 2.05) is 0 Å². The van der Waals surface area contributed by atoms with Gasteiger partial charge in [-0.3, -0.25) is 0 Å². The summed E-state index contributed by atoms with van der Waals surface area (Å²) in [5.41, 5.74) is 0. The topological polar surface area (TPSA) is 71.1 Å². The van der Waals surface area contributed by atoms with Crippen LogP contribution in [-0.4, -0.2) is 26.0 Å². The highest BCUT2D eigenvalue weighted by Crippen LogP contribution is 2.44. The number of nitrogens with one attached hydrogen (secondary N) is 2. The van der Waals surface area contributed by atoms with Crippen molar-refractivity contribution in [3.8, 4) is 0 Å². The minimum absolute atomic E-state index is 0.117. The third-order valence-electron chi connectivity index (χ3n) is 4.65. The quantitative estimate of drug-likeness (QED) is 0.846. The van der Waals surface area contributed by atoms with Gasteiger partial charge in [0.05, 0.1) is 0 Å². The van der Waals surface area contributed by atoms with E-state index in [9.17, 15) is 8.42 Å². The molecule has 0 saturated heterocycles. The van der Waals surface area contributed by atoms with Crippen molar-refractivity contribution in [2.45, 2.75) is 50.0 Å². The summed E-state index contributed by atoms with van der Waals surface area (Å²) in [4.78, 5) is 4.43. The number of aromatic nitrogens is 1. The van der Waals surface area contributed by atoms with E-state index in [-0.39, 0.29) is 10.9 Å². The Kier molecular flexibility index (Phi) is 4.17. The molecule has 116 valence electrons. The normalized spacial score (nSPS) is 28.0. The fourth-order valence-electron chi connectivity index (χ4n) is 3.55. The van der Waals surface area contributed by atoms with E-state index in [0.717, 1.165) is 37.5 Å². The minimum atomic E-state index is -3.44. The Morgan fingerprint density at radius 2 is 2.14 bits per heavy atom. The van der Waals surface area contributed by atoms with Gasteiger partial charge in [0, 0.05) is 18.8 Å². The molecule has 0 amide bonds. The second kappa shape index (κ2) is 5.93. The zero-order valence-corrected chi connectivity index (χ0v) is 13.2. The van der Waals surface area contributed by atoms with Crippen LogP contribution in [0.2, 0.25) is 0 Å². The van der Waals surface area contributed by atoms with Crippen molar-refractivity contribution in [2.75, 3.05) is 11.9 Å². The van der Waals surface area contributed by atoms with Gasteiger partial charge in [0.15, 0.2) is 0 Å². The Morgan fingerprint density at radius 1 is 1.29 bits per heavy atom. The molecular formula is C15H23N3O2S. The number of sulfonamides is 1. The smallest absolute Gasteiger partial charge is 0.242 e. The van der Waals surface area contributed by atoms with Crippen LogP contribution < -0.4 is 10.0 Å². The summed E-state index contributed by atoms with van der Waals surface area (Å²) in [6.45, 7) is 2.91. The molecule has 2 aliphatic carbocycles. The van der Waals surface area contributed by atoms with Gasteiger partial charge in [-0.1, -0.05) is 13.3 Å². The van der Waals surface area contributed by atoms with Crippen LogP contribution in [-0.2, 0) is 10.0 Å². The number of anilines is 1. The van der Waals surface area contributed by atoms with Crippen molar-refractivity contribution in [3.63, 3.8) is 0 Å². The van der Waals surface area contributed by atoms with Gasteiger partial charge in [-0.15, -0.1) is 0 Å². The van der Waals surface area contributed by atoms with Crippen LogP contribution in [0.3, 0.4) is 0 Å². The van der Waals surface area contributed by atoms with E-state index in [1.54, 1.807) is 12.1 Å². The summed E-state index contributed by atoms with van der Waals surface area (Å²) in [5.74, 6) is 1.97. The molecule has 2 saturated carbocycles. The van der Waals surface area contributed by atoms with Crippen LogP contribution in [0.1, 0.15) is 39.0 Å². The SMILES string of the molecule is CCCNc1ccc(S(=O)(=O)NC2CC3CCC2C3)cn1. The zero-order chi connectivity index (χ0) is 14.9. The van der Waals surface area contributed by atoms with Gasteiger partial charge in [0.2, 0.25) is 10.0 Å². The number of rotatable bonds is 6. The second-order valence-electron chi connectivity index (χ2n) is 6.21. The second-order valence-corrected chi connectivity index (χ2v) is 7.92. The molecule has 21 heavy (non-hydrogen) atoms. The molecule has 2 fully saturated rings. The van der Waals surface area contributed by atoms with E-state index in [2.05, 4.69) is 21.9 Å². The molecule has 1 heterocycles. The Labute approximate surface area is 126 Å². The first-order valence-corrected chi connectivity index (χ1v) is 9.29. The van der Waals surface area contributed by atoms with Gasteiger partial charge < -0.3 is 5.32 Å². The Morgan fingerprint density at radius 3 is 2.71 bits per heavy atom. The van der Waals surface area contributed by atoms with Gasteiger partial charge in [-0.05, 0) is 49.7 Å². The van der Waals surface area contributed by atoms with Crippen molar-refractivity contribution in [3.05, 3.63) is 18.3 Å². The summed E-state index contributed by atoms with van der Waals surface area (Å²) in [6.07, 6.45) is 7.05. The number of hydrogen-bond acceptors (Lipinski definition) is 4. The van der Waals surface area contributed by atoms with E-state index < -0.39 is 10.0 Å². The number of hydrogen-bond donors (Lipinski definition) is 2. The zero-order valence-electron chi connectivity index (χ0n) is 12.4. The summed E-state index contributed by atoms with van der Waals surface area (Å²) in [7, 11) is -3.44. The lowest BCUT2D eigenvalue weighted by Crippen LogP contribution is -2.38. The van der Waals surface area contributed by atoms with Crippen molar-refractivity contribution >= 4 is 15.8 Å².